The Morgan fingerprint density at radius 2 is 1.80 bits per heavy atom. The molecule has 1 aromatic carbocycles. The summed E-state index contributed by atoms with van der Waals surface area (Å²) < 4.78 is 23.6. The first-order chi connectivity index (χ1) is 9.43. The molecule has 1 heterocycles. The molecule has 0 N–H and O–H groups in total. The highest BCUT2D eigenvalue weighted by Gasteiger charge is 2.20. The number of rotatable bonds is 4. The number of benzene rings is 1. The standard InChI is InChI=1S/C15H24N2O2S/c1-4-8-16-9-11-17(12-10-16)14-6-5-7-15(13(14)2)20(3,18)19/h5-7H,4,8-12H2,1-3H3. The van der Waals surface area contributed by atoms with Crippen molar-refractivity contribution < 1.29 is 8.42 Å². The molecule has 112 valence electrons. The SMILES string of the molecule is CCCN1CCN(c2cccc(S(C)(=O)=O)c2C)CC1. The van der Waals surface area contributed by atoms with E-state index in [0.29, 0.717) is 4.90 Å². The Morgan fingerprint density at radius 3 is 2.35 bits per heavy atom. The lowest BCUT2D eigenvalue weighted by Gasteiger charge is -2.36. The van der Waals surface area contributed by atoms with Crippen LogP contribution in [0.1, 0.15) is 18.9 Å². The van der Waals surface area contributed by atoms with Crippen molar-refractivity contribution in [3.05, 3.63) is 23.8 Å². The van der Waals surface area contributed by atoms with E-state index in [4.69, 9.17) is 0 Å². The average Bonchev–Trinajstić information content (AvgIpc) is 2.39. The summed E-state index contributed by atoms with van der Waals surface area (Å²) in [5.41, 5.74) is 1.93. The van der Waals surface area contributed by atoms with Crippen LogP contribution in [0.2, 0.25) is 0 Å². The van der Waals surface area contributed by atoms with Gasteiger partial charge in [-0.1, -0.05) is 13.0 Å². The Kier molecular flexibility index (Phi) is 4.70. The van der Waals surface area contributed by atoms with Gasteiger partial charge in [-0.15, -0.1) is 0 Å². The fourth-order valence-corrected chi connectivity index (χ4v) is 3.86. The van der Waals surface area contributed by atoms with E-state index in [0.717, 1.165) is 44.0 Å². The minimum Gasteiger partial charge on any atom is -0.369 e. The quantitative estimate of drug-likeness (QED) is 0.851. The van der Waals surface area contributed by atoms with E-state index in [1.807, 2.05) is 19.1 Å². The Balaban J connectivity index is 2.19. The van der Waals surface area contributed by atoms with Crippen LogP contribution >= 0.6 is 0 Å². The van der Waals surface area contributed by atoms with E-state index in [2.05, 4.69) is 16.7 Å². The molecule has 1 fully saturated rings. The zero-order valence-electron chi connectivity index (χ0n) is 12.6. The number of nitrogens with zero attached hydrogens (tertiary/aromatic N) is 2. The molecule has 1 aromatic rings. The van der Waals surface area contributed by atoms with Crippen molar-refractivity contribution in [1.29, 1.82) is 0 Å². The predicted molar refractivity (Wildman–Crippen MR) is 83.2 cm³/mol. The minimum atomic E-state index is -3.15. The molecule has 0 aromatic heterocycles. The first-order valence-electron chi connectivity index (χ1n) is 7.20. The van der Waals surface area contributed by atoms with Crippen molar-refractivity contribution >= 4 is 15.5 Å². The highest BCUT2D eigenvalue weighted by Crippen LogP contribution is 2.27. The van der Waals surface area contributed by atoms with Crippen LogP contribution < -0.4 is 4.90 Å². The highest BCUT2D eigenvalue weighted by molar-refractivity contribution is 7.90. The van der Waals surface area contributed by atoms with Crippen LogP contribution in [-0.2, 0) is 9.84 Å². The molecule has 0 atom stereocenters. The van der Waals surface area contributed by atoms with Crippen molar-refractivity contribution in [3.8, 4) is 0 Å². The third-order valence-electron chi connectivity index (χ3n) is 3.91. The van der Waals surface area contributed by atoms with E-state index < -0.39 is 9.84 Å². The third-order valence-corrected chi connectivity index (χ3v) is 5.15. The van der Waals surface area contributed by atoms with Crippen LogP contribution in [0.4, 0.5) is 5.69 Å². The maximum Gasteiger partial charge on any atom is 0.175 e. The lowest BCUT2D eigenvalue weighted by atomic mass is 10.1. The van der Waals surface area contributed by atoms with Crippen LogP contribution in [0.15, 0.2) is 23.1 Å². The summed E-state index contributed by atoms with van der Waals surface area (Å²) in [5.74, 6) is 0. The van der Waals surface area contributed by atoms with Gasteiger partial charge in [0.15, 0.2) is 9.84 Å². The summed E-state index contributed by atoms with van der Waals surface area (Å²) >= 11 is 0. The Bertz CT molecular complexity index is 561. The van der Waals surface area contributed by atoms with Gasteiger partial charge in [-0.25, -0.2) is 8.42 Å². The van der Waals surface area contributed by atoms with Crippen molar-refractivity contribution in [3.63, 3.8) is 0 Å². The maximum atomic E-state index is 11.8. The number of sulfone groups is 1. The highest BCUT2D eigenvalue weighted by atomic mass is 32.2. The van der Waals surface area contributed by atoms with Crippen LogP contribution in [0.5, 0.6) is 0 Å². The smallest absolute Gasteiger partial charge is 0.175 e. The van der Waals surface area contributed by atoms with Crippen LogP contribution in [0, 0.1) is 6.92 Å². The number of hydrogen-bond donors (Lipinski definition) is 0. The summed E-state index contributed by atoms with van der Waals surface area (Å²) in [7, 11) is -3.15. The molecule has 2 rings (SSSR count). The normalized spacial score (nSPS) is 17.4. The van der Waals surface area contributed by atoms with Crippen molar-refractivity contribution in [2.75, 3.05) is 43.9 Å². The third kappa shape index (κ3) is 3.33. The number of hydrogen-bond acceptors (Lipinski definition) is 4. The molecule has 0 unspecified atom stereocenters. The molecule has 5 heteroatoms. The molecular formula is C15H24N2O2S. The lowest BCUT2D eigenvalue weighted by Crippen LogP contribution is -2.46. The molecule has 1 aliphatic rings. The Morgan fingerprint density at radius 1 is 1.15 bits per heavy atom. The van der Waals surface area contributed by atoms with Gasteiger partial charge in [0.1, 0.15) is 0 Å². The monoisotopic (exact) mass is 296 g/mol. The molecular weight excluding hydrogens is 272 g/mol. The maximum absolute atomic E-state index is 11.8. The van der Waals surface area contributed by atoms with E-state index in [1.165, 1.54) is 12.7 Å². The molecule has 0 radical (unpaired) electrons. The lowest BCUT2D eigenvalue weighted by molar-refractivity contribution is 0.258. The van der Waals surface area contributed by atoms with Crippen molar-refractivity contribution in [2.45, 2.75) is 25.2 Å². The van der Waals surface area contributed by atoms with Gasteiger partial charge in [0.25, 0.3) is 0 Å². The molecule has 1 saturated heterocycles. The number of piperazine rings is 1. The van der Waals surface area contributed by atoms with Crippen LogP contribution in [0.3, 0.4) is 0 Å². The van der Waals surface area contributed by atoms with E-state index in [9.17, 15) is 8.42 Å². The molecule has 0 bridgehead atoms. The molecule has 1 aliphatic heterocycles. The summed E-state index contributed by atoms with van der Waals surface area (Å²) in [5, 5.41) is 0. The average molecular weight is 296 g/mol. The minimum absolute atomic E-state index is 0.450. The summed E-state index contributed by atoms with van der Waals surface area (Å²) in [6.07, 6.45) is 2.46. The van der Waals surface area contributed by atoms with E-state index in [-0.39, 0.29) is 0 Å². The van der Waals surface area contributed by atoms with Gasteiger partial charge >= 0.3 is 0 Å². The first kappa shape index (κ1) is 15.3. The second kappa shape index (κ2) is 6.14. The topological polar surface area (TPSA) is 40.6 Å². The van der Waals surface area contributed by atoms with Crippen LogP contribution in [0.25, 0.3) is 0 Å². The fourth-order valence-electron chi connectivity index (χ4n) is 2.88. The van der Waals surface area contributed by atoms with E-state index in [1.54, 1.807) is 6.07 Å². The Hall–Kier alpha value is -1.07. The van der Waals surface area contributed by atoms with Gasteiger partial charge in [-0.3, -0.25) is 4.90 Å². The van der Waals surface area contributed by atoms with Gasteiger partial charge in [0.05, 0.1) is 4.90 Å². The van der Waals surface area contributed by atoms with Gasteiger partial charge in [-0.2, -0.15) is 0 Å². The second-order valence-corrected chi connectivity index (χ2v) is 7.49. The van der Waals surface area contributed by atoms with Crippen molar-refractivity contribution in [1.82, 2.24) is 4.90 Å². The summed E-state index contributed by atoms with van der Waals surface area (Å²) in [6, 6.07) is 5.57. The largest absolute Gasteiger partial charge is 0.369 e. The Labute approximate surface area is 122 Å². The van der Waals surface area contributed by atoms with Crippen molar-refractivity contribution in [2.24, 2.45) is 0 Å². The van der Waals surface area contributed by atoms with Gasteiger partial charge in [0.2, 0.25) is 0 Å². The number of anilines is 1. The van der Waals surface area contributed by atoms with Gasteiger partial charge in [0, 0.05) is 38.1 Å². The molecule has 0 amide bonds. The zero-order chi connectivity index (χ0) is 14.8. The summed E-state index contributed by atoms with van der Waals surface area (Å²) in [6.45, 7) is 9.29. The van der Waals surface area contributed by atoms with Crippen LogP contribution in [-0.4, -0.2) is 52.3 Å². The first-order valence-corrected chi connectivity index (χ1v) is 9.09. The van der Waals surface area contributed by atoms with E-state index >= 15 is 0 Å². The molecule has 0 saturated carbocycles. The van der Waals surface area contributed by atoms with Gasteiger partial charge in [-0.05, 0) is 37.6 Å². The molecule has 0 aliphatic carbocycles. The fraction of sp³-hybridized carbons (Fsp3) is 0.600. The second-order valence-electron chi connectivity index (χ2n) is 5.50. The summed E-state index contributed by atoms with van der Waals surface area (Å²) in [4.78, 5) is 5.22. The molecule has 20 heavy (non-hydrogen) atoms. The molecule has 0 spiro atoms. The molecule has 4 nitrogen and oxygen atoms in total. The zero-order valence-corrected chi connectivity index (χ0v) is 13.4. The van der Waals surface area contributed by atoms with Gasteiger partial charge < -0.3 is 4.90 Å². The predicted octanol–water partition coefficient (Wildman–Crippen LogP) is 1.93.